The average molecular weight is 577 g/mol. The SMILES string of the molecule is CN1CCCC1/C=C/C(=O)Nc1ccc2ncnc(Nc3ccc(OCc4ccccn4)c(Cl)c3)c2c1OCCF. The van der Waals surface area contributed by atoms with Crippen LogP contribution in [0.4, 0.5) is 21.6 Å². The van der Waals surface area contributed by atoms with Crippen LogP contribution in [0, 0.1) is 0 Å². The second-order valence-electron chi connectivity index (χ2n) is 9.51. The second kappa shape index (κ2) is 13.4. The zero-order chi connectivity index (χ0) is 28.6. The molecule has 1 atom stereocenters. The van der Waals surface area contributed by atoms with Crippen molar-refractivity contribution >= 4 is 45.6 Å². The van der Waals surface area contributed by atoms with E-state index in [4.69, 9.17) is 21.1 Å². The maximum Gasteiger partial charge on any atom is 0.248 e. The Labute approximate surface area is 242 Å². The normalized spacial score (nSPS) is 15.3. The number of nitrogens with one attached hydrogen (secondary N) is 2. The standard InChI is InChI=1S/C30H30ClFN6O3/c1-38-15-4-6-22(38)8-12-27(39)37-25-10-9-24-28(29(25)40-16-13-32)30(35-19-34-24)36-20-7-11-26(23(31)17-20)41-18-21-5-2-3-14-33-21/h2-3,5,7-12,14,17,19,22H,4,6,13,15-16,18H2,1H3,(H,37,39)(H,34,35,36)/b12-8+. The number of hydrogen-bond acceptors (Lipinski definition) is 8. The minimum absolute atomic E-state index is 0.201. The lowest BCUT2D eigenvalue weighted by Gasteiger charge is -2.17. The minimum atomic E-state index is -0.705. The van der Waals surface area contributed by atoms with E-state index in [1.807, 2.05) is 31.3 Å². The van der Waals surface area contributed by atoms with Crippen LogP contribution in [0.3, 0.4) is 0 Å². The van der Waals surface area contributed by atoms with E-state index < -0.39 is 6.67 Å². The Bertz CT molecular complexity index is 1540. The number of rotatable bonds is 11. The van der Waals surface area contributed by atoms with Gasteiger partial charge in [0, 0.05) is 24.0 Å². The van der Waals surface area contributed by atoms with E-state index in [-0.39, 0.29) is 30.9 Å². The van der Waals surface area contributed by atoms with Gasteiger partial charge in [0.05, 0.1) is 27.3 Å². The van der Waals surface area contributed by atoms with Gasteiger partial charge in [-0.1, -0.05) is 23.7 Å². The number of likely N-dealkylation sites (tertiary alicyclic amines) is 1. The van der Waals surface area contributed by atoms with Gasteiger partial charge in [-0.05, 0) is 68.9 Å². The number of fused-ring (bicyclic) bond motifs is 1. The first-order chi connectivity index (χ1) is 20.0. The zero-order valence-electron chi connectivity index (χ0n) is 22.5. The monoisotopic (exact) mass is 576 g/mol. The molecule has 2 aromatic heterocycles. The minimum Gasteiger partial charge on any atom is -0.488 e. The van der Waals surface area contributed by atoms with Gasteiger partial charge in [-0.25, -0.2) is 14.4 Å². The molecular formula is C30H30ClFN6O3. The predicted molar refractivity (Wildman–Crippen MR) is 158 cm³/mol. The van der Waals surface area contributed by atoms with Gasteiger partial charge in [0.25, 0.3) is 0 Å². The van der Waals surface area contributed by atoms with Crippen molar-refractivity contribution in [2.24, 2.45) is 0 Å². The molecule has 5 rings (SSSR count). The zero-order valence-corrected chi connectivity index (χ0v) is 23.3. The first kappa shape index (κ1) is 28.3. The smallest absolute Gasteiger partial charge is 0.248 e. The largest absolute Gasteiger partial charge is 0.488 e. The highest BCUT2D eigenvalue weighted by molar-refractivity contribution is 6.32. The van der Waals surface area contributed by atoms with E-state index in [2.05, 4.69) is 30.5 Å². The highest BCUT2D eigenvalue weighted by atomic mass is 35.5. The number of alkyl halides is 1. The molecule has 1 fully saturated rings. The number of benzene rings is 2. The summed E-state index contributed by atoms with van der Waals surface area (Å²) in [5.41, 5.74) is 2.35. The summed E-state index contributed by atoms with van der Waals surface area (Å²) >= 11 is 6.51. The third-order valence-electron chi connectivity index (χ3n) is 6.68. The van der Waals surface area contributed by atoms with Gasteiger partial charge in [-0.3, -0.25) is 14.7 Å². The van der Waals surface area contributed by atoms with Gasteiger partial charge in [0.2, 0.25) is 5.91 Å². The summed E-state index contributed by atoms with van der Waals surface area (Å²) < 4.78 is 24.8. The fourth-order valence-corrected chi connectivity index (χ4v) is 4.86. The molecule has 212 valence electrons. The summed E-state index contributed by atoms with van der Waals surface area (Å²) in [6, 6.07) is 14.5. The third-order valence-corrected chi connectivity index (χ3v) is 6.98. The Hall–Kier alpha value is -4.28. The number of likely N-dealkylation sites (N-methyl/N-ethyl adjacent to an activating group) is 1. The number of aromatic nitrogens is 3. The lowest BCUT2D eigenvalue weighted by atomic mass is 10.1. The van der Waals surface area contributed by atoms with Crippen molar-refractivity contribution in [2.75, 3.05) is 37.5 Å². The van der Waals surface area contributed by atoms with Crippen molar-refractivity contribution in [1.82, 2.24) is 19.9 Å². The number of hydrogen-bond donors (Lipinski definition) is 2. The molecule has 3 heterocycles. The fourth-order valence-electron chi connectivity index (χ4n) is 4.63. The Morgan fingerprint density at radius 1 is 1.17 bits per heavy atom. The molecule has 4 aromatic rings. The quantitative estimate of drug-likeness (QED) is 0.212. The lowest BCUT2D eigenvalue weighted by Crippen LogP contribution is -2.23. The summed E-state index contributed by atoms with van der Waals surface area (Å²) in [4.78, 5) is 28.0. The molecule has 1 unspecified atom stereocenters. The maximum absolute atomic E-state index is 13.2. The summed E-state index contributed by atoms with van der Waals surface area (Å²) in [5.74, 6) is 0.865. The summed E-state index contributed by atoms with van der Waals surface area (Å²) in [7, 11) is 2.04. The summed E-state index contributed by atoms with van der Waals surface area (Å²) in [6.07, 6.45) is 8.64. The number of carbonyl (C=O) groups excluding carboxylic acids is 1. The second-order valence-corrected chi connectivity index (χ2v) is 9.92. The molecule has 11 heteroatoms. The van der Waals surface area contributed by atoms with Crippen molar-refractivity contribution in [1.29, 1.82) is 0 Å². The Morgan fingerprint density at radius 2 is 2.07 bits per heavy atom. The van der Waals surface area contributed by atoms with Crippen LogP contribution in [0.2, 0.25) is 5.02 Å². The number of amides is 1. The molecule has 0 aliphatic carbocycles. The lowest BCUT2D eigenvalue weighted by molar-refractivity contribution is -0.112. The molecule has 1 amide bonds. The Balaban J connectivity index is 1.39. The number of anilines is 3. The molecule has 0 radical (unpaired) electrons. The molecule has 0 bridgehead atoms. The van der Waals surface area contributed by atoms with Gasteiger partial charge in [0.15, 0.2) is 5.75 Å². The van der Waals surface area contributed by atoms with E-state index in [9.17, 15) is 9.18 Å². The van der Waals surface area contributed by atoms with Crippen molar-refractivity contribution in [3.63, 3.8) is 0 Å². The van der Waals surface area contributed by atoms with Crippen molar-refractivity contribution in [3.8, 4) is 11.5 Å². The van der Waals surface area contributed by atoms with Crippen LogP contribution in [0.15, 0.2) is 73.2 Å². The first-order valence-corrected chi connectivity index (χ1v) is 13.6. The van der Waals surface area contributed by atoms with Crippen LogP contribution in [-0.4, -0.2) is 58.7 Å². The van der Waals surface area contributed by atoms with Gasteiger partial charge in [0.1, 0.15) is 37.8 Å². The first-order valence-electron chi connectivity index (χ1n) is 13.3. The van der Waals surface area contributed by atoms with E-state index in [1.54, 1.807) is 36.5 Å². The average Bonchev–Trinajstić information content (AvgIpc) is 3.40. The molecule has 2 aromatic carbocycles. The van der Waals surface area contributed by atoms with Gasteiger partial charge in [-0.15, -0.1) is 0 Å². The van der Waals surface area contributed by atoms with Crippen molar-refractivity contribution < 1.29 is 18.7 Å². The number of pyridine rings is 1. The van der Waals surface area contributed by atoms with Crippen LogP contribution >= 0.6 is 11.6 Å². The fraction of sp³-hybridized carbons (Fsp3) is 0.267. The van der Waals surface area contributed by atoms with Gasteiger partial charge < -0.3 is 20.1 Å². The Morgan fingerprint density at radius 3 is 2.83 bits per heavy atom. The molecule has 1 aliphatic heterocycles. The van der Waals surface area contributed by atoms with Gasteiger partial charge >= 0.3 is 0 Å². The molecule has 1 saturated heterocycles. The summed E-state index contributed by atoms with van der Waals surface area (Å²) in [5, 5.41) is 7.00. The predicted octanol–water partition coefficient (Wildman–Crippen LogP) is 5.94. The Kier molecular flexibility index (Phi) is 9.22. The molecular weight excluding hydrogens is 547 g/mol. The highest BCUT2D eigenvalue weighted by Crippen LogP contribution is 2.38. The molecule has 9 nitrogen and oxygen atoms in total. The van der Waals surface area contributed by atoms with E-state index >= 15 is 0 Å². The van der Waals surface area contributed by atoms with Crippen LogP contribution in [0.5, 0.6) is 11.5 Å². The van der Waals surface area contributed by atoms with E-state index in [0.717, 1.165) is 25.1 Å². The highest BCUT2D eigenvalue weighted by Gasteiger charge is 2.19. The molecule has 41 heavy (non-hydrogen) atoms. The van der Waals surface area contributed by atoms with Crippen LogP contribution in [0.1, 0.15) is 18.5 Å². The maximum atomic E-state index is 13.2. The molecule has 0 spiro atoms. The molecule has 1 aliphatic rings. The summed E-state index contributed by atoms with van der Waals surface area (Å²) in [6.45, 7) is 0.376. The van der Waals surface area contributed by atoms with Crippen LogP contribution in [0.25, 0.3) is 10.9 Å². The van der Waals surface area contributed by atoms with Crippen LogP contribution < -0.4 is 20.1 Å². The number of carbonyl (C=O) groups is 1. The van der Waals surface area contributed by atoms with E-state index in [1.165, 1.54) is 12.4 Å². The van der Waals surface area contributed by atoms with E-state index in [0.29, 0.717) is 38.9 Å². The topological polar surface area (TPSA) is 102 Å². The van der Waals surface area contributed by atoms with Crippen LogP contribution in [-0.2, 0) is 11.4 Å². The van der Waals surface area contributed by atoms with Gasteiger partial charge in [-0.2, -0.15) is 0 Å². The number of halogens is 2. The van der Waals surface area contributed by atoms with Crippen molar-refractivity contribution in [2.45, 2.75) is 25.5 Å². The molecule has 2 N–H and O–H groups in total. The van der Waals surface area contributed by atoms with Crippen molar-refractivity contribution in [3.05, 3.63) is 83.9 Å². The number of ether oxygens (including phenoxy) is 2. The molecule has 0 saturated carbocycles. The third kappa shape index (κ3) is 7.08. The number of nitrogens with zero attached hydrogens (tertiary/aromatic N) is 4.